The van der Waals surface area contributed by atoms with E-state index in [9.17, 15) is 24.1 Å². The quantitative estimate of drug-likeness (QED) is 0.722. The summed E-state index contributed by atoms with van der Waals surface area (Å²) in [5, 5.41) is 28.8. The molecule has 2 unspecified atom stereocenters. The van der Waals surface area contributed by atoms with Crippen LogP contribution in [-0.2, 0) is 0 Å². The molecule has 3 N–H and O–H groups in total. The van der Waals surface area contributed by atoms with Gasteiger partial charge < -0.3 is 15.3 Å². The molecule has 0 aromatic carbocycles. The van der Waals surface area contributed by atoms with Gasteiger partial charge in [-0.25, -0.2) is 8.78 Å². The van der Waals surface area contributed by atoms with E-state index in [4.69, 9.17) is 0 Å². The first-order chi connectivity index (χ1) is 9.27. The van der Waals surface area contributed by atoms with Crippen LogP contribution in [0.4, 0.5) is 8.78 Å². The number of piperidine rings is 1. The van der Waals surface area contributed by atoms with Crippen molar-refractivity contribution in [3.8, 4) is 0 Å². The largest absolute Gasteiger partial charge is 0.389 e. The van der Waals surface area contributed by atoms with E-state index in [2.05, 4.69) is 0 Å². The molecule has 0 aromatic rings. The average Bonchev–Trinajstić information content (AvgIpc) is 2.35. The molecule has 2 atom stereocenters. The second kappa shape index (κ2) is 6.22. The third-order valence-corrected chi connectivity index (χ3v) is 4.76. The fraction of sp³-hybridized carbons (Fsp3) is 1.00. The van der Waals surface area contributed by atoms with Gasteiger partial charge in [-0.1, -0.05) is 0 Å². The van der Waals surface area contributed by atoms with Crippen LogP contribution in [0.2, 0.25) is 0 Å². The van der Waals surface area contributed by atoms with Crippen molar-refractivity contribution in [2.75, 3.05) is 19.6 Å². The predicted octanol–water partition coefficient (Wildman–Crippen LogP) is 0.846. The molecular formula is C14H25F2NO3. The van der Waals surface area contributed by atoms with Crippen LogP contribution in [-0.4, -0.2) is 64.1 Å². The molecule has 1 saturated carbocycles. The SMILES string of the molecule is CC(F)(F)C1CCC(CN2CC(O)C(O)C(O)C2)CC1. The van der Waals surface area contributed by atoms with Crippen molar-refractivity contribution in [2.24, 2.45) is 11.8 Å². The summed E-state index contributed by atoms with van der Waals surface area (Å²) >= 11 is 0. The molecule has 2 aliphatic rings. The Kier molecular flexibility index (Phi) is 5.00. The molecule has 0 aromatic heterocycles. The Hall–Kier alpha value is -0.300. The van der Waals surface area contributed by atoms with E-state index in [0.717, 1.165) is 19.8 Å². The molecule has 0 amide bonds. The van der Waals surface area contributed by atoms with E-state index in [1.54, 1.807) is 0 Å². The van der Waals surface area contributed by atoms with Gasteiger partial charge in [-0.2, -0.15) is 0 Å². The zero-order valence-corrected chi connectivity index (χ0v) is 11.9. The number of β-amino-alcohol motifs (C(OH)–C–C–N with tert-alkyl or cyclic N) is 2. The van der Waals surface area contributed by atoms with E-state index in [1.165, 1.54) is 0 Å². The van der Waals surface area contributed by atoms with Gasteiger partial charge in [0.1, 0.15) is 6.10 Å². The second-order valence-electron chi connectivity index (χ2n) is 6.52. The molecule has 0 spiro atoms. The summed E-state index contributed by atoms with van der Waals surface area (Å²) in [6, 6.07) is 0. The summed E-state index contributed by atoms with van der Waals surface area (Å²) in [7, 11) is 0. The van der Waals surface area contributed by atoms with Crippen LogP contribution in [0.15, 0.2) is 0 Å². The van der Waals surface area contributed by atoms with Crippen molar-refractivity contribution >= 4 is 0 Å². The highest BCUT2D eigenvalue weighted by molar-refractivity contribution is 4.88. The Labute approximate surface area is 118 Å². The fourth-order valence-corrected chi connectivity index (χ4v) is 3.44. The summed E-state index contributed by atoms with van der Waals surface area (Å²) < 4.78 is 26.5. The maximum Gasteiger partial charge on any atom is 0.248 e. The minimum Gasteiger partial charge on any atom is -0.389 e. The maximum absolute atomic E-state index is 13.2. The lowest BCUT2D eigenvalue weighted by molar-refractivity contribution is -0.113. The lowest BCUT2D eigenvalue weighted by Crippen LogP contribution is -2.56. The van der Waals surface area contributed by atoms with Crippen molar-refractivity contribution in [2.45, 2.75) is 56.8 Å². The normalized spacial score (nSPS) is 40.8. The van der Waals surface area contributed by atoms with E-state index in [-0.39, 0.29) is 0 Å². The van der Waals surface area contributed by atoms with Gasteiger partial charge in [0.2, 0.25) is 5.92 Å². The van der Waals surface area contributed by atoms with Crippen molar-refractivity contribution in [1.29, 1.82) is 0 Å². The molecule has 2 fully saturated rings. The smallest absolute Gasteiger partial charge is 0.248 e. The van der Waals surface area contributed by atoms with Crippen LogP contribution in [0.25, 0.3) is 0 Å². The van der Waals surface area contributed by atoms with Gasteiger partial charge in [0.05, 0.1) is 12.2 Å². The predicted molar refractivity (Wildman–Crippen MR) is 70.5 cm³/mol. The number of rotatable bonds is 3. The number of hydrogen-bond acceptors (Lipinski definition) is 4. The monoisotopic (exact) mass is 293 g/mol. The lowest BCUT2D eigenvalue weighted by atomic mass is 9.79. The summed E-state index contributed by atoms with van der Waals surface area (Å²) in [5.74, 6) is -2.77. The van der Waals surface area contributed by atoms with E-state index in [1.807, 2.05) is 4.90 Å². The number of halogens is 2. The highest BCUT2D eigenvalue weighted by Crippen LogP contribution is 2.38. The first kappa shape index (κ1) is 16.1. The third-order valence-electron chi connectivity index (χ3n) is 4.76. The molecule has 0 radical (unpaired) electrons. The van der Waals surface area contributed by atoms with Crippen molar-refractivity contribution in [3.63, 3.8) is 0 Å². The Morgan fingerprint density at radius 3 is 1.95 bits per heavy atom. The topological polar surface area (TPSA) is 63.9 Å². The highest BCUT2D eigenvalue weighted by atomic mass is 19.3. The van der Waals surface area contributed by atoms with Crippen LogP contribution < -0.4 is 0 Å². The average molecular weight is 293 g/mol. The number of nitrogens with zero attached hydrogens (tertiary/aromatic N) is 1. The summed E-state index contributed by atoms with van der Waals surface area (Å²) in [4.78, 5) is 1.93. The van der Waals surface area contributed by atoms with Gasteiger partial charge in [-0.3, -0.25) is 4.90 Å². The zero-order valence-electron chi connectivity index (χ0n) is 11.9. The fourth-order valence-electron chi connectivity index (χ4n) is 3.44. The van der Waals surface area contributed by atoms with Crippen molar-refractivity contribution in [3.05, 3.63) is 0 Å². The maximum atomic E-state index is 13.2. The van der Waals surface area contributed by atoms with Gasteiger partial charge in [0.25, 0.3) is 0 Å². The van der Waals surface area contributed by atoms with Gasteiger partial charge in [0.15, 0.2) is 0 Å². The van der Waals surface area contributed by atoms with Crippen molar-refractivity contribution in [1.82, 2.24) is 4.90 Å². The number of aliphatic hydroxyl groups excluding tert-OH is 3. The second-order valence-corrected chi connectivity index (χ2v) is 6.52. The van der Waals surface area contributed by atoms with Crippen molar-refractivity contribution < 1.29 is 24.1 Å². The lowest BCUT2D eigenvalue weighted by Gasteiger charge is -2.40. The molecule has 20 heavy (non-hydrogen) atoms. The molecule has 1 aliphatic heterocycles. The Bertz CT molecular complexity index is 304. The first-order valence-corrected chi connectivity index (χ1v) is 7.41. The number of alkyl halides is 2. The molecule has 118 valence electrons. The summed E-state index contributed by atoms with van der Waals surface area (Å²) in [6.07, 6.45) is -0.352. The third kappa shape index (κ3) is 3.87. The molecular weight excluding hydrogens is 268 g/mol. The van der Waals surface area contributed by atoms with Crippen LogP contribution in [0.5, 0.6) is 0 Å². The Morgan fingerprint density at radius 1 is 1.00 bits per heavy atom. The number of likely N-dealkylation sites (tertiary alicyclic amines) is 1. The number of hydrogen-bond donors (Lipinski definition) is 3. The minimum atomic E-state index is -2.59. The standard InChI is InChI=1S/C14H25F2NO3/c1-14(15,16)10-4-2-9(3-5-10)6-17-7-11(18)13(20)12(19)8-17/h9-13,18-20H,2-8H2,1H3. The molecule has 1 heterocycles. The van der Waals surface area contributed by atoms with Gasteiger partial charge in [-0.15, -0.1) is 0 Å². The molecule has 6 heteroatoms. The Balaban J connectivity index is 1.78. The van der Waals surface area contributed by atoms with Crippen LogP contribution in [0.1, 0.15) is 32.6 Å². The van der Waals surface area contributed by atoms with Crippen LogP contribution >= 0.6 is 0 Å². The van der Waals surface area contributed by atoms with Gasteiger partial charge in [-0.05, 0) is 38.5 Å². The van der Waals surface area contributed by atoms with E-state index in [0.29, 0.717) is 38.4 Å². The molecule has 1 saturated heterocycles. The summed E-state index contributed by atoms with van der Waals surface area (Å²) in [5.41, 5.74) is 0. The highest BCUT2D eigenvalue weighted by Gasteiger charge is 2.38. The van der Waals surface area contributed by atoms with Crippen LogP contribution in [0.3, 0.4) is 0 Å². The first-order valence-electron chi connectivity index (χ1n) is 7.41. The molecule has 2 rings (SSSR count). The molecule has 4 nitrogen and oxygen atoms in total. The Morgan fingerprint density at radius 2 is 1.50 bits per heavy atom. The minimum absolute atomic E-state index is 0.335. The zero-order chi connectivity index (χ0) is 14.9. The molecule has 0 bridgehead atoms. The van der Waals surface area contributed by atoms with Gasteiger partial charge >= 0.3 is 0 Å². The molecule has 1 aliphatic carbocycles. The van der Waals surface area contributed by atoms with Crippen LogP contribution in [0, 0.1) is 11.8 Å². The van der Waals surface area contributed by atoms with Gasteiger partial charge in [0, 0.05) is 25.6 Å². The number of aliphatic hydroxyl groups is 3. The van der Waals surface area contributed by atoms with E-state index < -0.39 is 30.2 Å². The van der Waals surface area contributed by atoms with E-state index >= 15 is 0 Å². The summed E-state index contributed by atoms with van der Waals surface area (Å²) in [6.45, 7) is 2.36.